The topological polar surface area (TPSA) is 69.7 Å². The highest BCUT2D eigenvalue weighted by atomic mass is 79.9. The average molecular weight is 480 g/mol. The van der Waals surface area contributed by atoms with Gasteiger partial charge >= 0.3 is 0 Å². The summed E-state index contributed by atoms with van der Waals surface area (Å²) in [5.74, 6) is -0.0964. The van der Waals surface area contributed by atoms with E-state index in [0.29, 0.717) is 26.2 Å². The number of rotatable bonds is 6. The van der Waals surface area contributed by atoms with Crippen LogP contribution in [0.4, 0.5) is 5.69 Å². The molecule has 1 aliphatic heterocycles. The summed E-state index contributed by atoms with van der Waals surface area (Å²) in [6, 6.07) is 14.6. The number of hydrogen-bond acceptors (Lipinski definition) is 4. The van der Waals surface area contributed by atoms with Crippen molar-refractivity contribution in [3.8, 4) is 0 Å². The third-order valence-electron chi connectivity index (χ3n) is 5.17. The number of piperazine rings is 1. The van der Waals surface area contributed by atoms with E-state index in [-0.39, 0.29) is 17.7 Å². The molecule has 29 heavy (non-hydrogen) atoms. The van der Waals surface area contributed by atoms with Crippen LogP contribution >= 0.6 is 15.9 Å². The van der Waals surface area contributed by atoms with Gasteiger partial charge in [-0.05, 0) is 53.0 Å². The number of benzene rings is 2. The Bertz CT molecular complexity index is 958. The number of anilines is 1. The first kappa shape index (κ1) is 22.0. The molecule has 2 aromatic rings. The molecule has 156 valence electrons. The van der Waals surface area contributed by atoms with Gasteiger partial charge in [0, 0.05) is 30.7 Å². The Hall–Kier alpha value is -1.74. The van der Waals surface area contributed by atoms with Crippen LogP contribution in [0.2, 0.25) is 0 Å². The van der Waals surface area contributed by atoms with Gasteiger partial charge in [0.1, 0.15) is 0 Å². The van der Waals surface area contributed by atoms with Crippen molar-refractivity contribution in [2.75, 3.05) is 31.5 Å². The van der Waals surface area contributed by atoms with Gasteiger partial charge in [0.25, 0.3) is 0 Å². The highest BCUT2D eigenvalue weighted by Gasteiger charge is 2.31. The van der Waals surface area contributed by atoms with Crippen LogP contribution in [0.5, 0.6) is 0 Å². The van der Waals surface area contributed by atoms with Crippen LogP contribution in [0.15, 0.2) is 53.0 Å². The zero-order valence-corrected chi connectivity index (χ0v) is 19.0. The van der Waals surface area contributed by atoms with Crippen LogP contribution in [-0.4, -0.2) is 55.8 Å². The van der Waals surface area contributed by atoms with Crippen LogP contribution in [0.1, 0.15) is 18.1 Å². The van der Waals surface area contributed by atoms with E-state index in [0.717, 1.165) is 21.3 Å². The van der Waals surface area contributed by atoms with Gasteiger partial charge in [-0.15, -0.1) is 0 Å². The summed E-state index contributed by atoms with van der Waals surface area (Å²) in [6.45, 7) is 5.67. The maximum absolute atomic E-state index is 12.7. The lowest BCUT2D eigenvalue weighted by Gasteiger charge is -2.36. The third-order valence-corrected chi connectivity index (χ3v) is 7.67. The Kier molecular flexibility index (Phi) is 7.10. The Morgan fingerprint density at radius 1 is 1.10 bits per heavy atom. The van der Waals surface area contributed by atoms with Crippen molar-refractivity contribution in [1.82, 2.24) is 9.21 Å². The predicted octanol–water partition coefficient (Wildman–Crippen LogP) is 3.23. The highest BCUT2D eigenvalue weighted by Crippen LogP contribution is 2.24. The van der Waals surface area contributed by atoms with Crippen LogP contribution < -0.4 is 5.32 Å². The fraction of sp³-hybridized carbons (Fsp3) is 0.381. The highest BCUT2D eigenvalue weighted by molar-refractivity contribution is 9.10. The van der Waals surface area contributed by atoms with E-state index in [2.05, 4.69) is 21.2 Å². The van der Waals surface area contributed by atoms with Gasteiger partial charge < -0.3 is 5.32 Å². The number of nitrogens with one attached hydrogen (secondary N) is 1. The molecule has 1 aliphatic rings. The fourth-order valence-corrected chi connectivity index (χ4v) is 5.48. The van der Waals surface area contributed by atoms with Crippen LogP contribution in [0.25, 0.3) is 0 Å². The van der Waals surface area contributed by atoms with Gasteiger partial charge in [-0.3, -0.25) is 9.69 Å². The van der Waals surface area contributed by atoms with Gasteiger partial charge in [-0.1, -0.05) is 36.4 Å². The normalized spacial score (nSPS) is 17.1. The maximum atomic E-state index is 12.7. The maximum Gasteiger partial charge on any atom is 0.241 e. The molecule has 1 saturated heterocycles. The van der Waals surface area contributed by atoms with E-state index in [4.69, 9.17) is 0 Å². The van der Waals surface area contributed by atoms with Crippen LogP contribution in [-0.2, 0) is 20.6 Å². The molecule has 0 aliphatic carbocycles. The molecular formula is C21H26BrN3O3S. The lowest BCUT2D eigenvalue weighted by atomic mass is 10.2. The van der Waals surface area contributed by atoms with Gasteiger partial charge in [-0.2, -0.15) is 4.31 Å². The molecule has 1 fully saturated rings. The first-order chi connectivity index (χ1) is 13.8. The van der Waals surface area contributed by atoms with Crippen LogP contribution in [0, 0.1) is 6.92 Å². The van der Waals surface area contributed by atoms with Crippen molar-refractivity contribution in [2.24, 2.45) is 0 Å². The minimum atomic E-state index is -3.36. The van der Waals surface area contributed by atoms with Crippen molar-refractivity contribution >= 4 is 37.5 Å². The Labute approximate surface area is 181 Å². The minimum Gasteiger partial charge on any atom is -0.324 e. The molecule has 0 bridgehead atoms. The summed E-state index contributed by atoms with van der Waals surface area (Å²) in [6.07, 6.45) is 0. The van der Waals surface area contributed by atoms with Crippen molar-refractivity contribution < 1.29 is 13.2 Å². The number of sulfonamides is 1. The zero-order chi connectivity index (χ0) is 21.0. The Balaban J connectivity index is 1.56. The summed E-state index contributed by atoms with van der Waals surface area (Å²) in [5, 5.41) is 2.95. The number of aryl methyl sites for hydroxylation is 1. The summed E-state index contributed by atoms with van der Waals surface area (Å²) in [5.41, 5.74) is 2.62. The number of halogens is 1. The first-order valence-corrected chi connectivity index (χ1v) is 12.0. The minimum absolute atomic E-state index is 0.00529. The summed E-state index contributed by atoms with van der Waals surface area (Å²) in [7, 11) is -3.36. The quantitative estimate of drug-likeness (QED) is 0.690. The smallest absolute Gasteiger partial charge is 0.241 e. The van der Waals surface area contributed by atoms with E-state index in [1.165, 1.54) is 4.31 Å². The Morgan fingerprint density at radius 3 is 2.38 bits per heavy atom. The number of carbonyl (C=O) groups excluding carboxylic acids is 1. The molecule has 0 unspecified atom stereocenters. The van der Waals surface area contributed by atoms with Crippen molar-refractivity contribution in [3.63, 3.8) is 0 Å². The van der Waals surface area contributed by atoms with Gasteiger partial charge in [0.15, 0.2) is 0 Å². The van der Waals surface area contributed by atoms with E-state index < -0.39 is 10.0 Å². The molecule has 8 heteroatoms. The van der Waals surface area contributed by atoms with Crippen LogP contribution in [0.3, 0.4) is 0 Å². The van der Waals surface area contributed by atoms with Gasteiger partial charge in [-0.25, -0.2) is 8.42 Å². The molecule has 0 saturated carbocycles. The SMILES string of the molecule is Cc1ccc(NC(=O)[C@H](C)N2CCN(S(=O)(=O)Cc3ccccc3)CC2)c(Br)c1. The van der Waals surface area contributed by atoms with Gasteiger partial charge in [0.2, 0.25) is 15.9 Å². The summed E-state index contributed by atoms with van der Waals surface area (Å²) >= 11 is 3.48. The molecular weight excluding hydrogens is 454 g/mol. The average Bonchev–Trinajstić information content (AvgIpc) is 2.70. The molecule has 1 amide bonds. The molecule has 0 spiro atoms. The number of carbonyl (C=O) groups is 1. The molecule has 0 radical (unpaired) electrons. The fourth-order valence-electron chi connectivity index (χ4n) is 3.37. The van der Waals surface area contributed by atoms with E-state index >= 15 is 0 Å². The number of nitrogens with zero attached hydrogens (tertiary/aromatic N) is 2. The molecule has 1 N–H and O–H groups in total. The zero-order valence-electron chi connectivity index (χ0n) is 16.6. The summed E-state index contributed by atoms with van der Waals surface area (Å²) < 4.78 is 27.8. The standard InChI is InChI=1S/C21H26BrN3O3S/c1-16-8-9-20(19(22)14-16)23-21(26)17(2)24-10-12-25(13-11-24)29(27,28)15-18-6-4-3-5-7-18/h3-9,14,17H,10-13,15H2,1-2H3,(H,23,26)/t17-/m0/s1. The van der Waals surface area contributed by atoms with Gasteiger partial charge in [0.05, 0.1) is 17.5 Å². The Morgan fingerprint density at radius 2 is 1.76 bits per heavy atom. The first-order valence-electron chi connectivity index (χ1n) is 9.59. The lowest BCUT2D eigenvalue weighted by molar-refractivity contribution is -0.121. The summed E-state index contributed by atoms with van der Waals surface area (Å²) in [4.78, 5) is 14.7. The molecule has 0 aromatic heterocycles. The molecule has 1 atom stereocenters. The second-order valence-electron chi connectivity index (χ2n) is 7.33. The largest absolute Gasteiger partial charge is 0.324 e. The lowest BCUT2D eigenvalue weighted by Crippen LogP contribution is -2.54. The second kappa shape index (κ2) is 9.38. The van der Waals surface area contributed by atoms with Crippen molar-refractivity contribution in [2.45, 2.75) is 25.6 Å². The molecule has 6 nitrogen and oxygen atoms in total. The van der Waals surface area contributed by atoms with Crippen molar-refractivity contribution in [1.29, 1.82) is 0 Å². The van der Waals surface area contributed by atoms with E-state index in [1.54, 1.807) is 0 Å². The monoisotopic (exact) mass is 479 g/mol. The molecule has 3 rings (SSSR count). The van der Waals surface area contributed by atoms with E-state index in [1.807, 2.05) is 67.3 Å². The molecule has 1 heterocycles. The number of hydrogen-bond donors (Lipinski definition) is 1. The van der Waals surface area contributed by atoms with E-state index in [9.17, 15) is 13.2 Å². The second-order valence-corrected chi connectivity index (χ2v) is 10.1. The van der Waals surface area contributed by atoms with Crippen molar-refractivity contribution in [3.05, 3.63) is 64.1 Å². The number of amides is 1. The molecule has 2 aromatic carbocycles. The third kappa shape index (κ3) is 5.66. The predicted molar refractivity (Wildman–Crippen MR) is 119 cm³/mol.